The van der Waals surface area contributed by atoms with Crippen molar-refractivity contribution >= 4 is 5.69 Å². The number of hydrogen-bond donors (Lipinski definition) is 0. The van der Waals surface area contributed by atoms with Gasteiger partial charge in [-0.1, -0.05) is 30.3 Å². The van der Waals surface area contributed by atoms with Crippen LogP contribution in [0.2, 0.25) is 0 Å². The third kappa shape index (κ3) is 2.89. The number of aryl methyl sites for hydroxylation is 1. The maximum Gasteiger partial charge on any atom is 0.276 e. The summed E-state index contributed by atoms with van der Waals surface area (Å²) in [6, 6.07) is 15.4. The van der Waals surface area contributed by atoms with E-state index in [1.165, 1.54) is 11.6 Å². The summed E-state index contributed by atoms with van der Waals surface area (Å²) in [5.41, 5.74) is 2.11. The minimum absolute atomic E-state index is 0.117. The van der Waals surface area contributed by atoms with Crippen LogP contribution in [-0.4, -0.2) is 11.0 Å². The molecule has 0 spiro atoms. The molecule has 2 aromatic rings. The van der Waals surface area contributed by atoms with Crippen molar-refractivity contribution in [1.29, 1.82) is 0 Å². The first kappa shape index (κ1) is 13.6. The predicted molar refractivity (Wildman–Crippen MR) is 80.7 cm³/mol. The Bertz CT molecular complexity index is 648. The average Bonchev–Trinajstić information content (AvgIpc) is 2.44. The molecule has 0 aromatic heterocycles. The molecular formula is C17H17NO3. The Morgan fingerprint density at radius 2 is 1.86 bits per heavy atom. The Labute approximate surface area is 123 Å². The first-order valence-electron chi connectivity index (χ1n) is 7.10. The highest BCUT2D eigenvalue weighted by Crippen LogP contribution is 2.39. The maximum atomic E-state index is 10.9. The van der Waals surface area contributed by atoms with E-state index in [0.29, 0.717) is 17.2 Å². The molecule has 0 radical (unpaired) electrons. The van der Waals surface area contributed by atoms with E-state index in [1.807, 2.05) is 18.2 Å². The largest absolute Gasteiger partial charge is 0.490 e. The second-order valence-corrected chi connectivity index (χ2v) is 5.52. The van der Waals surface area contributed by atoms with Crippen LogP contribution in [0.1, 0.15) is 29.9 Å². The van der Waals surface area contributed by atoms with Crippen molar-refractivity contribution in [1.82, 2.24) is 0 Å². The molecule has 4 heteroatoms. The van der Waals surface area contributed by atoms with Gasteiger partial charge in [-0.05, 0) is 43.4 Å². The standard InChI is InChI=1S/C17H17NO3/c1-12-7-8-15(11-17(12)18(19)20)21-16-9-14(10-16)13-5-3-2-4-6-13/h2-8,11,14,16H,9-10H2,1H3. The molecule has 1 aliphatic carbocycles. The maximum absolute atomic E-state index is 10.9. The van der Waals surface area contributed by atoms with Crippen LogP contribution in [-0.2, 0) is 0 Å². The highest BCUT2D eigenvalue weighted by Gasteiger charge is 2.32. The zero-order valence-electron chi connectivity index (χ0n) is 11.9. The number of rotatable bonds is 4. The van der Waals surface area contributed by atoms with E-state index >= 15 is 0 Å². The molecule has 0 unspecified atom stereocenters. The van der Waals surface area contributed by atoms with E-state index < -0.39 is 0 Å². The van der Waals surface area contributed by atoms with E-state index in [2.05, 4.69) is 12.1 Å². The van der Waals surface area contributed by atoms with Crippen molar-refractivity contribution in [2.45, 2.75) is 31.8 Å². The van der Waals surface area contributed by atoms with Gasteiger partial charge in [-0.2, -0.15) is 0 Å². The van der Waals surface area contributed by atoms with Gasteiger partial charge in [0.2, 0.25) is 0 Å². The zero-order chi connectivity index (χ0) is 14.8. The van der Waals surface area contributed by atoms with Crippen LogP contribution < -0.4 is 4.74 Å². The molecule has 21 heavy (non-hydrogen) atoms. The molecule has 1 aliphatic rings. The number of hydrogen-bond acceptors (Lipinski definition) is 3. The van der Waals surface area contributed by atoms with E-state index in [9.17, 15) is 10.1 Å². The van der Waals surface area contributed by atoms with Crippen LogP contribution in [0, 0.1) is 17.0 Å². The van der Waals surface area contributed by atoms with Gasteiger partial charge in [-0.3, -0.25) is 10.1 Å². The van der Waals surface area contributed by atoms with Crippen LogP contribution >= 0.6 is 0 Å². The molecule has 4 nitrogen and oxygen atoms in total. The van der Waals surface area contributed by atoms with Crippen molar-refractivity contribution in [3.05, 3.63) is 69.8 Å². The molecule has 1 saturated carbocycles. The summed E-state index contributed by atoms with van der Waals surface area (Å²) in [6.45, 7) is 1.73. The van der Waals surface area contributed by atoms with Gasteiger partial charge in [0.05, 0.1) is 17.1 Å². The highest BCUT2D eigenvalue weighted by molar-refractivity contribution is 5.45. The zero-order valence-corrected chi connectivity index (χ0v) is 11.9. The third-order valence-electron chi connectivity index (χ3n) is 4.05. The number of ether oxygens (including phenoxy) is 1. The van der Waals surface area contributed by atoms with Gasteiger partial charge in [-0.15, -0.1) is 0 Å². The summed E-state index contributed by atoms with van der Waals surface area (Å²) < 4.78 is 5.84. The third-order valence-corrected chi connectivity index (χ3v) is 4.05. The Morgan fingerprint density at radius 1 is 1.14 bits per heavy atom. The summed E-state index contributed by atoms with van der Waals surface area (Å²) in [4.78, 5) is 10.6. The minimum Gasteiger partial charge on any atom is -0.490 e. The van der Waals surface area contributed by atoms with E-state index in [4.69, 9.17) is 4.74 Å². The van der Waals surface area contributed by atoms with Crippen molar-refractivity contribution < 1.29 is 9.66 Å². The Balaban J connectivity index is 1.62. The molecule has 0 atom stereocenters. The minimum atomic E-state index is -0.365. The summed E-state index contributed by atoms with van der Waals surface area (Å²) in [6.07, 6.45) is 2.08. The molecule has 108 valence electrons. The second-order valence-electron chi connectivity index (χ2n) is 5.52. The smallest absolute Gasteiger partial charge is 0.276 e. The molecule has 3 rings (SSSR count). The number of nitro groups is 1. The molecule has 0 aliphatic heterocycles. The van der Waals surface area contributed by atoms with Gasteiger partial charge < -0.3 is 4.74 Å². The van der Waals surface area contributed by atoms with Crippen LogP contribution in [0.25, 0.3) is 0 Å². The van der Waals surface area contributed by atoms with Gasteiger partial charge in [0.25, 0.3) is 5.69 Å². The van der Waals surface area contributed by atoms with E-state index in [0.717, 1.165) is 12.8 Å². The van der Waals surface area contributed by atoms with Gasteiger partial charge in [0.1, 0.15) is 5.75 Å². The Hall–Kier alpha value is -2.36. The molecule has 0 heterocycles. The normalized spacial score (nSPS) is 20.6. The molecule has 2 aromatic carbocycles. The van der Waals surface area contributed by atoms with E-state index in [1.54, 1.807) is 19.1 Å². The van der Waals surface area contributed by atoms with Gasteiger partial charge in [-0.25, -0.2) is 0 Å². The fourth-order valence-corrected chi connectivity index (χ4v) is 2.71. The van der Waals surface area contributed by atoms with Gasteiger partial charge in [0, 0.05) is 5.56 Å². The molecule has 0 N–H and O–H groups in total. The molecule has 0 bridgehead atoms. The first-order chi connectivity index (χ1) is 10.1. The fourth-order valence-electron chi connectivity index (χ4n) is 2.71. The Morgan fingerprint density at radius 3 is 2.52 bits per heavy atom. The lowest BCUT2D eigenvalue weighted by atomic mass is 9.77. The summed E-state index contributed by atoms with van der Waals surface area (Å²) in [5.74, 6) is 1.13. The highest BCUT2D eigenvalue weighted by atomic mass is 16.6. The van der Waals surface area contributed by atoms with Gasteiger partial charge in [0.15, 0.2) is 0 Å². The van der Waals surface area contributed by atoms with Crippen LogP contribution in [0.3, 0.4) is 0 Å². The predicted octanol–water partition coefficient (Wildman–Crippen LogP) is 4.23. The molecule has 0 amide bonds. The average molecular weight is 283 g/mol. The van der Waals surface area contributed by atoms with Gasteiger partial charge >= 0.3 is 0 Å². The van der Waals surface area contributed by atoms with Crippen LogP contribution in [0.4, 0.5) is 5.69 Å². The lowest BCUT2D eigenvalue weighted by Crippen LogP contribution is -2.32. The summed E-state index contributed by atoms with van der Waals surface area (Å²) >= 11 is 0. The molecule has 0 saturated heterocycles. The monoisotopic (exact) mass is 283 g/mol. The quantitative estimate of drug-likeness (QED) is 0.623. The number of nitro benzene ring substituents is 1. The van der Waals surface area contributed by atoms with Crippen molar-refractivity contribution in [3.63, 3.8) is 0 Å². The number of benzene rings is 2. The first-order valence-corrected chi connectivity index (χ1v) is 7.10. The van der Waals surface area contributed by atoms with Crippen molar-refractivity contribution in [3.8, 4) is 5.75 Å². The lowest BCUT2D eigenvalue weighted by molar-refractivity contribution is -0.385. The lowest BCUT2D eigenvalue weighted by Gasteiger charge is -2.35. The Kier molecular flexibility index (Phi) is 3.60. The van der Waals surface area contributed by atoms with Crippen molar-refractivity contribution in [2.24, 2.45) is 0 Å². The molecular weight excluding hydrogens is 266 g/mol. The van der Waals surface area contributed by atoms with Crippen LogP contribution in [0.5, 0.6) is 5.75 Å². The summed E-state index contributed by atoms with van der Waals surface area (Å²) in [5, 5.41) is 10.9. The SMILES string of the molecule is Cc1ccc(OC2CC(c3ccccc3)C2)cc1[N+](=O)[O-]. The number of nitrogens with zero attached hydrogens (tertiary/aromatic N) is 1. The van der Waals surface area contributed by atoms with Crippen LogP contribution in [0.15, 0.2) is 48.5 Å². The molecule has 1 fully saturated rings. The van der Waals surface area contributed by atoms with Crippen molar-refractivity contribution in [2.75, 3.05) is 0 Å². The second kappa shape index (κ2) is 5.56. The fraction of sp³-hybridized carbons (Fsp3) is 0.294. The summed E-state index contributed by atoms with van der Waals surface area (Å²) in [7, 11) is 0. The van der Waals surface area contributed by atoms with E-state index in [-0.39, 0.29) is 16.7 Å². The topological polar surface area (TPSA) is 52.4 Å².